The van der Waals surface area contributed by atoms with E-state index in [0.717, 1.165) is 19.4 Å². The lowest BCUT2D eigenvalue weighted by atomic mass is 10.2. The minimum Gasteiger partial charge on any atom is -0.462 e. The lowest BCUT2D eigenvalue weighted by molar-refractivity contribution is 0.0526. The first kappa shape index (κ1) is 21.8. The van der Waals surface area contributed by atoms with Crippen LogP contribution in [0.25, 0.3) is 0 Å². The number of anilines is 1. The molecule has 1 aliphatic rings. The van der Waals surface area contributed by atoms with Crippen LogP contribution in [-0.2, 0) is 9.47 Å². The summed E-state index contributed by atoms with van der Waals surface area (Å²) in [6.07, 6.45) is 1.99. The van der Waals surface area contributed by atoms with Crippen LogP contribution in [0.15, 0.2) is 53.5 Å². The fourth-order valence-corrected chi connectivity index (χ4v) is 3.04. The van der Waals surface area contributed by atoms with E-state index in [2.05, 4.69) is 15.6 Å². The second kappa shape index (κ2) is 10.8. The van der Waals surface area contributed by atoms with E-state index in [1.54, 1.807) is 55.5 Å². The molecule has 0 saturated carbocycles. The molecule has 2 aromatic rings. The minimum absolute atomic E-state index is 0.0421. The normalized spacial score (nSPS) is 16.2. The van der Waals surface area contributed by atoms with Crippen LogP contribution in [0.3, 0.4) is 0 Å². The Labute approximate surface area is 180 Å². The zero-order valence-electron chi connectivity index (χ0n) is 16.7. The largest absolute Gasteiger partial charge is 0.462 e. The Bertz CT molecular complexity index is 892. The molecule has 1 amide bonds. The molecule has 158 valence electrons. The van der Waals surface area contributed by atoms with Gasteiger partial charge in [0.25, 0.3) is 5.91 Å². The lowest BCUT2D eigenvalue weighted by Crippen LogP contribution is -2.36. The number of carbonyl (C=O) groups is 2. The number of nitrogens with zero attached hydrogens (tertiary/aromatic N) is 1. The first-order chi connectivity index (χ1) is 14.5. The minimum atomic E-state index is -0.382. The van der Waals surface area contributed by atoms with Gasteiger partial charge in [0.1, 0.15) is 0 Å². The fraction of sp³-hybridized carbons (Fsp3) is 0.318. The van der Waals surface area contributed by atoms with E-state index >= 15 is 0 Å². The second-order valence-corrected chi connectivity index (χ2v) is 7.14. The Morgan fingerprint density at radius 2 is 1.83 bits per heavy atom. The van der Waals surface area contributed by atoms with Crippen molar-refractivity contribution in [2.45, 2.75) is 25.9 Å². The highest BCUT2D eigenvalue weighted by Crippen LogP contribution is 2.14. The summed E-state index contributed by atoms with van der Waals surface area (Å²) in [5, 5.41) is 6.44. The highest BCUT2D eigenvalue weighted by Gasteiger charge is 2.16. The second-order valence-electron chi connectivity index (χ2n) is 6.71. The van der Waals surface area contributed by atoms with Crippen LogP contribution in [0.4, 0.5) is 5.69 Å². The molecule has 1 atom stereocenters. The van der Waals surface area contributed by atoms with Crippen LogP contribution in [0, 0.1) is 0 Å². The topological polar surface area (TPSA) is 89.0 Å². The first-order valence-electron chi connectivity index (χ1n) is 9.82. The van der Waals surface area contributed by atoms with Gasteiger partial charge in [-0.05, 0) is 68.3 Å². The molecular weight excluding hydrogens is 406 g/mol. The molecule has 1 saturated heterocycles. The molecule has 2 aromatic carbocycles. The molecule has 1 heterocycles. The first-order valence-corrected chi connectivity index (χ1v) is 10.2. The molecule has 30 heavy (non-hydrogen) atoms. The third-order valence-corrected chi connectivity index (χ3v) is 4.73. The molecule has 7 nitrogen and oxygen atoms in total. The molecule has 0 aliphatic carbocycles. The Hall–Kier alpha value is -2.90. The van der Waals surface area contributed by atoms with Crippen molar-refractivity contribution in [3.8, 4) is 0 Å². The van der Waals surface area contributed by atoms with Crippen molar-refractivity contribution in [1.82, 2.24) is 5.32 Å². The summed E-state index contributed by atoms with van der Waals surface area (Å²) in [4.78, 5) is 28.9. The van der Waals surface area contributed by atoms with Gasteiger partial charge in [0, 0.05) is 22.9 Å². The summed E-state index contributed by atoms with van der Waals surface area (Å²) in [6.45, 7) is 3.24. The number of amides is 1. The predicted octanol–water partition coefficient (Wildman–Crippen LogP) is 3.89. The smallest absolute Gasteiger partial charge is 0.338 e. The van der Waals surface area contributed by atoms with Gasteiger partial charge in [0.2, 0.25) is 5.96 Å². The summed E-state index contributed by atoms with van der Waals surface area (Å²) in [5.41, 5.74) is 1.58. The quantitative estimate of drug-likeness (QED) is 0.413. The van der Waals surface area contributed by atoms with E-state index in [4.69, 9.17) is 21.1 Å². The highest BCUT2D eigenvalue weighted by molar-refractivity contribution is 6.30. The van der Waals surface area contributed by atoms with Gasteiger partial charge in [-0.2, -0.15) is 0 Å². The van der Waals surface area contributed by atoms with Gasteiger partial charge >= 0.3 is 5.97 Å². The van der Waals surface area contributed by atoms with E-state index in [0.29, 0.717) is 40.9 Å². The fourth-order valence-electron chi connectivity index (χ4n) is 2.91. The summed E-state index contributed by atoms with van der Waals surface area (Å²) in [5.74, 6) is -0.393. The Morgan fingerprint density at radius 3 is 2.47 bits per heavy atom. The molecule has 1 aliphatic heterocycles. The van der Waals surface area contributed by atoms with Crippen LogP contribution >= 0.6 is 11.6 Å². The highest BCUT2D eigenvalue weighted by atomic mass is 35.5. The lowest BCUT2D eigenvalue weighted by Gasteiger charge is -2.14. The van der Waals surface area contributed by atoms with E-state index in [1.165, 1.54) is 0 Å². The third kappa shape index (κ3) is 6.30. The molecule has 3 rings (SSSR count). The third-order valence-electron chi connectivity index (χ3n) is 4.47. The van der Waals surface area contributed by atoms with Crippen LogP contribution in [0.1, 0.15) is 40.5 Å². The van der Waals surface area contributed by atoms with E-state index in [9.17, 15) is 9.59 Å². The maximum absolute atomic E-state index is 12.6. The van der Waals surface area contributed by atoms with Gasteiger partial charge in [-0.3, -0.25) is 10.1 Å². The van der Waals surface area contributed by atoms with Crippen molar-refractivity contribution >= 4 is 35.1 Å². The van der Waals surface area contributed by atoms with Crippen LogP contribution in [0.2, 0.25) is 5.02 Å². The van der Waals surface area contributed by atoms with Gasteiger partial charge in [0.15, 0.2) is 0 Å². The standard InChI is InChI=1S/C22H24ClN3O4/c1-2-29-21(28)16-7-11-18(12-8-16)25-22(24-14-19-4-3-13-30-19)26-20(27)15-5-9-17(23)10-6-15/h5-12,19H,2-4,13-14H2,1H3,(H2,24,25,26,27)/t19-/m0/s1. The van der Waals surface area contributed by atoms with Gasteiger partial charge in [-0.1, -0.05) is 11.6 Å². The maximum atomic E-state index is 12.6. The van der Waals surface area contributed by atoms with Crippen molar-refractivity contribution in [2.75, 3.05) is 25.1 Å². The molecule has 0 radical (unpaired) electrons. The average molecular weight is 430 g/mol. The van der Waals surface area contributed by atoms with E-state index in [1.807, 2.05) is 0 Å². The van der Waals surface area contributed by atoms with Crippen molar-refractivity contribution < 1.29 is 19.1 Å². The van der Waals surface area contributed by atoms with Crippen LogP contribution < -0.4 is 10.6 Å². The summed E-state index contributed by atoms with van der Waals surface area (Å²) in [6, 6.07) is 13.3. The maximum Gasteiger partial charge on any atom is 0.338 e. The van der Waals surface area contributed by atoms with Gasteiger partial charge in [-0.15, -0.1) is 0 Å². The molecule has 0 aromatic heterocycles. The summed E-state index contributed by atoms with van der Waals surface area (Å²) in [7, 11) is 0. The number of hydrogen-bond donors (Lipinski definition) is 2. The van der Waals surface area contributed by atoms with Crippen LogP contribution in [-0.4, -0.2) is 43.7 Å². The molecule has 1 fully saturated rings. The number of halogens is 1. The zero-order chi connectivity index (χ0) is 21.3. The van der Waals surface area contributed by atoms with E-state index < -0.39 is 0 Å². The number of hydrogen-bond acceptors (Lipinski definition) is 5. The zero-order valence-corrected chi connectivity index (χ0v) is 17.4. The van der Waals surface area contributed by atoms with Gasteiger partial charge in [-0.25, -0.2) is 9.79 Å². The Balaban J connectivity index is 1.71. The number of guanidine groups is 1. The Morgan fingerprint density at radius 1 is 1.13 bits per heavy atom. The van der Waals surface area contributed by atoms with E-state index in [-0.39, 0.29) is 18.0 Å². The predicted molar refractivity (Wildman–Crippen MR) is 116 cm³/mol. The van der Waals surface area contributed by atoms with Gasteiger partial charge < -0.3 is 14.8 Å². The summed E-state index contributed by atoms with van der Waals surface area (Å²) >= 11 is 5.89. The number of rotatable bonds is 6. The van der Waals surface area contributed by atoms with Crippen LogP contribution in [0.5, 0.6) is 0 Å². The number of esters is 1. The molecule has 0 spiro atoms. The monoisotopic (exact) mass is 429 g/mol. The number of carbonyl (C=O) groups excluding carboxylic acids is 2. The van der Waals surface area contributed by atoms with Gasteiger partial charge in [0.05, 0.1) is 24.8 Å². The Kier molecular flexibility index (Phi) is 7.82. The molecule has 0 bridgehead atoms. The average Bonchev–Trinajstić information content (AvgIpc) is 3.27. The van der Waals surface area contributed by atoms with Crippen molar-refractivity contribution in [2.24, 2.45) is 4.99 Å². The van der Waals surface area contributed by atoms with Crippen molar-refractivity contribution in [3.63, 3.8) is 0 Å². The summed E-state index contributed by atoms with van der Waals surface area (Å²) < 4.78 is 10.6. The molecule has 8 heteroatoms. The van der Waals surface area contributed by atoms with Crippen molar-refractivity contribution in [1.29, 1.82) is 0 Å². The molecular formula is C22H24ClN3O4. The number of benzene rings is 2. The number of nitrogens with one attached hydrogen (secondary N) is 2. The number of aliphatic imine (C=N–C) groups is 1. The van der Waals surface area contributed by atoms with Crippen molar-refractivity contribution in [3.05, 3.63) is 64.7 Å². The number of ether oxygens (including phenoxy) is 2. The molecule has 0 unspecified atom stereocenters. The SMILES string of the molecule is CCOC(=O)c1ccc(NC(=NC[C@@H]2CCCO2)NC(=O)c2ccc(Cl)cc2)cc1. The molecule has 2 N–H and O–H groups in total.